The van der Waals surface area contributed by atoms with Crippen LogP contribution in [0.15, 0.2) is 0 Å². The molecule has 0 saturated carbocycles. The van der Waals surface area contributed by atoms with Crippen molar-refractivity contribution in [2.75, 3.05) is 0 Å². The van der Waals surface area contributed by atoms with Crippen LogP contribution in [0.25, 0.3) is 0 Å². The van der Waals surface area contributed by atoms with Crippen molar-refractivity contribution >= 4 is 11.6 Å². The molecule has 2 fully saturated rings. The summed E-state index contributed by atoms with van der Waals surface area (Å²) in [5.41, 5.74) is 0.494. The lowest BCUT2D eigenvalue weighted by atomic mass is 9.85. The Labute approximate surface area is 112 Å². The Morgan fingerprint density at radius 3 is 2.56 bits per heavy atom. The molecule has 3 rings (SSSR count). The van der Waals surface area contributed by atoms with Crippen LogP contribution in [0.3, 0.4) is 0 Å². The predicted molar refractivity (Wildman–Crippen MR) is 69.7 cm³/mol. The molecule has 0 radical (unpaired) electrons. The van der Waals surface area contributed by atoms with Crippen LogP contribution in [-0.2, 0) is 13.5 Å². The lowest BCUT2D eigenvalue weighted by molar-refractivity contribution is 0.0873. The molecule has 2 atom stereocenters. The van der Waals surface area contributed by atoms with Gasteiger partial charge in [0.2, 0.25) is 0 Å². The van der Waals surface area contributed by atoms with Gasteiger partial charge in [-0.15, -0.1) is 0 Å². The molecule has 18 heavy (non-hydrogen) atoms. The largest absolute Gasteiger partial charge is 0.311 e. The Balaban J connectivity index is 1.83. The predicted octanol–water partition coefficient (Wildman–Crippen LogP) is 2.55. The standard InChI is InChI=1S/C13H19ClFN3/c1-8-12(14)11(18(2)17-8)7-13(15)5-9-3-4-10(6-13)16-9/h9-10,16H,3-7H2,1-2H3. The second-order valence-electron chi connectivity index (χ2n) is 5.84. The number of fused-ring (bicyclic) bond motifs is 2. The molecule has 3 heterocycles. The van der Waals surface area contributed by atoms with Crippen LogP contribution in [0.5, 0.6) is 0 Å². The molecule has 100 valence electrons. The highest BCUT2D eigenvalue weighted by molar-refractivity contribution is 6.31. The number of nitrogens with one attached hydrogen (secondary N) is 1. The number of hydrogen-bond acceptors (Lipinski definition) is 2. The minimum absolute atomic E-state index is 0.349. The zero-order valence-electron chi connectivity index (χ0n) is 10.8. The summed E-state index contributed by atoms with van der Waals surface area (Å²) in [6.45, 7) is 1.86. The molecular weight excluding hydrogens is 253 g/mol. The molecule has 2 bridgehead atoms. The molecule has 3 nitrogen and oxygen atoms in total. The first-order chi connectivity index (χ1) is 8.47. The summed E-state index contributed by atoms with van der Waals surface area (Å²) in [5.74, 6) is 0. The summed E-state index contributed by atoms with van der Waals surface area (Å²) >= 11 is 6.22. The molecule has 5 heteroatoms. The number of hydrogen-bond donors (Lipinski definition) is 1. The van der Waals surface area contributed by atoms with E-state index < -0.39 is 5.67 Å². The fourth-order valence-corrected chi connectivity index (χ4v) is 3.73. The van der Waals surface area contributed by atoms with E-state index in [2.05, 4.69) is 10.4 Å². The normalized spacial score (nSPS) is 35.1. The minimum Gasteiger partial charge on any atom is -0.311 e. The first kappa shape index (κ1) is 12.4. The maximum atomic E-state index is 15.0. The summed E-state index contributed by atoms with van der Waals surface area (Å²) < 4.78 is 16.8. The lowest BCUT2D eigenvalue weighted by Crippen LogP contribution is -2.47. The number of aromatic nitrogens is 2. The van der Waals surface area contributed by atoms with Crippen LogP contribution < -0.4 is 5.32 Å². The van der Waals surface area contributed by atoms with Gasteiger partial charge in [0.25, 0.3) is 0 Å². The molecule has 2 unspecified atom stereocenters. The average molecular weight is 272 g/mol. The van der Waals surface area contributed by atoms with Crippen molar-refractivity contribution in [3.8, 4) is 0 Å². The van der Waals surface area contributed by atoms with Crippen molar-refractivity contribution in [2.45, 2.75) is 56.8 Å². The van der Waals surface area contributed by atoms with Crippen molar-refractivity contribution in [1.29, 1.82) is 0 Å². The summed E-state index contributed by atoms with van der Waals surface area (Å²) in [5, 5.41) is 8.36. The molecule has 2 saturated heterocycles. The van der Waals surface area contributed by atoms with Gasteiger partial charge in [0.1, 0.15) is 5.67 Å². The quantitative estimate of drug-likeness (QED) is 0.896. The van der Waals surface area contributed by atoms with E-state index in [1.807, 2.05) is 14.0 Å². The highest BCUT2D eigenvalue weighted by atomic mass is 35.5. The van der Waals surface area contributed by atoms with E-state index in [-0.39, 0.29) is 0 Å². The molecule has 2 aliphatic heterocycles. The van der Waals surface area contributed by atoms with E-state index in [1.165, 1.54) is 0 Å². The van der Waals surface area contributed by atoms with Gasteiger partial charge < -0.3 is 5.32 Å². The molecule has 2 aliphatic rings. The van der Waals surface area contributed by atoms with Crippen LogP contribution in [0, 0.1) is 6.92 Å². The van der Waals surface area contributed by atoms with Gasteiger partial charge >= 0.3 is 0 Å². The Morgan fingerprint density at radius 1 is 1.44 bits per heavy atom. The molecule has 0 aliphatic carbocycles. The maximum Gasteiger partial charge on any atom is 0.119 e. The van der Waals surface area contributed by atoms with Gasteiger partial charge in [-0.1, -0.05) is 11.6 Å². The zero-order valence-corrected chi connectivity index (χ0v) is 11.6. The van der Waals surface area contributed by atoms with Crippen molar-refractivity contribution < 1.29 is 4.39 Å². The number of halogens is 2. The van der Waals surface area contributed by atoms with Crippen LogP contribution in [0.1, 0.15) is 37.1 Å². The van der Waals surface area contributed by atoms with Gasteiger partial charge in [-0.25, -0.2) is 4.39 Å². The van der Waals surface area contributed by atoms with E-state index in [0.717, 1.165) is 24.2 Å². The second-order valence-corrected chi connectivity index (χ2v) is 6.22. The van der Waals surface area contributed by atoms with Crippen molar-refractivity contribution in [1.82, 2.24) is 15.1 Å². The highest BCUT2D eigenvalue weighted by Gasteiger charge is 2.44. The lowest BCUT2D eigenvalue weighted by Gasteiger charge is -2.35. The van der Waals surface area contributed by atoms with E-state index in [1.54, 1.807) is 4.68 Å². The number of nitrogens with zero attached hydrogens (tertiary/aromatic N) is 2. The van der Waals surface area contributed by atoms with E-state index in [0.29, 0.717) is 36.4 Å². The summed E-state index contributed by atoms with van der Waals surface area (Å²) in [6, 6.07) is 0.698. The first-order valence-corrected chi connectivity index (χ1v) is 6.97. The van der Waals surface area contributed by atoms with Gasteiger partial charge in [-0.3, -0.25) is 4.68 Å². The third-order valence-corrected chi connectivity index (χ3v) is 4.80. The SMILES string of the molecule is Cc1nn(C)c(CC2(F)CC3CCC(C2)N3)c1Cl. The Morgan fingerprint density at radius 2 is 2.06 bits per heavy atom. The van der Waals surface area contributed by atoms with Crippen LogP contribution >= 0.6 is 11.6 Å². The number of piperidine rings is 1. The molecule has 1 aromatic rings. The summed E-state index contributed by atoms with van der Waals surface area (Å²) in [7, 11) is 1.84. The van der Waals surface area contributed by atoms with Gasteiger partial charge in [0.15, 0.2) is 0 Å². The third kappa shape index (κ3) is 2.05. The Bertz CT molecular complexity index is 459. The fourth-order valence-electron chi connectivity index (χ4n) is 3.51. The monoisotopic (exact) mass is 271 g/mol. The van der Waals surface area contributed by atoms with Crippen molar-refractivity contribution in [3.63, 3.8) is 0 Å². The van der Waals surface area contributed by atoms with Crippen LogP contribution in [0.4, 0.5) is 4.39 Å². The Kier molecular flexibility index (Phi) is 2.90. The van der Waals surface area contributed by atoms with Gasteiger partial charge in [-0.05, 0) is 32.6 Å². The summed E-state index contributed by atoms with van der Waals surface area (Å²) in [6.07, 6.45) is 3.80. The van der Waals surface area contributed by atoms with E-state index in [4.69, 9.17) is 11.6 Å². The van der Waals surface area contributed by atoms with Gasteiger partial charge in [0.05, 0.1) is 16.4 Å². The smallest absolute Gasteiger partial charge is 0.119 e. The van der Waals surface area contributed by atoms with Crippen LogP contribution in [0.2, 0.25) is 5.02 Å². The first-order valence-electron chi connectivity index (χ1n) is 6.60. The highest BCUT2D eigenvalue weighted by Crippen LogP contribution is 2.40. The average Bonchev–Trinajstić information content (AvgIpc) is 2.74. The Hall–Kier alpha value is -0.610. The number of alkyl halides is 1. The summed E-state index contributed by atoms with van der Waals surface area (Å²) in [4.78, 5) is 0. The molecule has 1 aromatic heterocycles. The third-order valence-electron chi connectivity index (χ3n) is 4.31. The zero-order chi connectivity index (χ0) is 12.9. The maximum absolute atomic E-state index is 15.0. The minimum atomic E-state index is -1.12. The molecule has 0 spiro atoms. The fraction of sp³-hybridized carbons (Fsp3) is 0.769. The van der Waals surface area contributed by atoms with Gasteiger partial charge in [-0.2, -0.15) is 5.10 Å². The topological polar surface area (TPSA) is 29.9 Å². The van der Waals surface area contributed by atoms with Crippen LogP contribution in [-0.4, -0.2) is 27.5 Å². The number of aryl methyl sites for hydroxylation is 2. The van der Waals surface area contributed by atoms with Crippen molar-refractivity contribution in [3.05, 3.63) is 16.4 Å². The molecule has 1 N–H and O–H groups in total. The van der Waals surface area contributed by atoms with Crippen molar-refractivity contribution in [2.24, 2.45) is 7.05 Å². The van der Waals surface area contributed by atoms with E-state index >= 15 is 4.39 Å². The number of rotatable bonds is 2. The van der Waals surface area contributed by atoms with E-state index in [9.17, 15) is 0 Å². The second kappa shape index (κ2) is 4.20. The molecule has 0 aromatic carbocycles. The molecule has 0 amide bonds. The molecular formula is C13H19ClFN3. The van der Waals surface area contributed by atoms with Gasteiger partial charge in [0, 0.05) is 25.6 Å².